The van der Waals surface area contributed by atoms with Crippen molar-refractivity contribution in [2.45, 2.75) is 13.8 Å². The van der Waals surface area contributed by atoms with Crippen LogP contribution < -0.4 is 0 Å². The van der Waals surface area contributed by atoms with Gasteiger partial charge in [-0.05, 0) is 37.6 Å². The predicted octanol–water partition coefficient (Wildman–Crippen LogP) is 6.32. The van der Waals surface area contributed by atoms with Gasteiger partial charge in [0.25, 0.3) is 0 Å². The second kappa shape index (κ2) is 8.82. The van der Waals surface area contributed by atoms with Gasteiger partial charge >= 0.3 is 5.97 Å². The van der Waals surface area contributed by atoms with Gasteiger partial charge in [-0.25, -0.2) is 9.78 Å². The number of hydrogen-bond donors (Lipinski definition) is 0. The lowest BCUT2D eigenvalue weighted by Gasteiger charge is -2.12. The molecule has 1 aromatic heterocycles. The van der Waals surface area contributed by atoms with Gasteiger partial charge in [0.1, 0.15) is 0 Å². The molecule has 0 unspecified atom stereocenters. The average molecular weight is 474 g/mol. The second-order valence-corrected chi connectivity index (χ2v) is 8.32. The summed E-state index contributed by atoms with van der Waals surface area (Å²) in [5.41, 5.74) is 5.19. The average Bonchev–Trinajstić information content (AvgIpc) is 2.77. The van der Waals surface area contributed by atoms with E-state index in [9.17, 15) is 9.59 Å². The number of ether oxygens (including phenoxy) is 1. The summed E-state index contributed by atoms with van der Waals surface area (Å²) in [6, 6.07) is 22.4. The van der Waals surface area contributed by atoms with Crippen LogP contribution in [0.25, 0.3) is 22.2 Å². The Labute approximate surface area is 189 Å². The maximum Gasteiger partial charge on any atom is 0.339 e. The van der Waals surface area contributed by atoms with E-state index in [4.69, 9.17) is 9.72 Å². The Hall–Kier alpha value is -3.31. The molecule has 0 aliphatic rings. The van der Waals surface area contributed by atoms with E-state index in [1.165, 1.54) is 0 Å². The molecule has 0 atom stereocenters. The van der Waals surface area contributed by atoms with E-state index in [0.29, 0.717) is 22.2 Å². The Morgan fingerprint density at radius 2 is 1.65 bits per heavy atom. The van der Waals surface area contributed by atoms with Crippen LogP contribution in [0.3, 0.4) is 0 Å². The molecular formula is C26H20BrNO3. The minimum Gasteiger partial charge on any atom is -0.454 e. The monoisotopic (exact) mass is 473 g/mol. The highest BCUT2D eigenvalue weighted by molar-refractivity contribution is 9.10. The third kappa shape index (κ3) is 4.57. The molecule has 0 bridgehead atoms. The molecule has 0 saturated heterocycles. The quantitative estimate of drug-likeness (QED) is 0.251. The van der Waals surface area contributed by atoms with Crippen molar-refractivity contribution in [2.24, 2.45) is 0 Å². The predicted molar refractivity (Wildman–Crippen MR) is 125 cm³/mol. The molecule has 31 heavy (non-hydrogen) atoms. The summed E-state index contributed by atoms with van der Waals surface area (Å²) in [4.78, 5) is 30.3. The van der Waals surface area contributed by atoms with E-state index in [1.807, 2.05) is 68.4 Å². The number of ketones is 1. The Morgan fingerprint density at radius 1 is 0.935 bits per heavy atom. The molecule has 4 rings (SSSR count). The third-order valence-electron chi connectivity index (χ3n) is 5.07. The molecule has 0 saturated carbocycles. The first-order chi connectivity index (χ1) is 14.9. The van der Waals surface area contributed by atoms with Crippen LogP contribution >= 0.6 is 15.9 Å². The molecule has 0 N–H and O–H groups in total. The molecule has 154 valence electrons. The summed E-state index contributed by atoms with van der Waals surface area (Å²) in [5, 5.41) is 0.680. The molecule has 3 aromatic carbocycles. The van der Waals surface area contributed by atoms with Crippen molar-refractivity contribution in [1.29, 1.82) is 0 Å². The molecule has 0 radical (unpaired) electrons. The Kier molecular flexibility index (Phi) is 5.96. The zero-order chi connectivity index (χ0) is 22.0. The number of Topliss-reactive ketones (excluding diaryl/α,β-unsaturated/α-hetero) is 1. The maximum absolute atomic E-state index is 13.0. The van der Waals surface area contributed by atoms with E-state index < -0.39 is 5.97 Å². The molecule has 0 amide bonds. The lowest BCUT2D eigenvalue weighted by Crippen LogP contribution is -2.15. The van der Waals surface area contributed by atoms with Crippen molar-refractivity contribution in [2.75, 3.05) is 6.61 Å². The largest absolute Gasteiger partial charge is 0.454 e. The van der Waals surface area contributed by atoms with Gasteiger partial charge in [0.2, 0.25) is 0 Å². The molecule has 4 nitrogen and oxygen atoms in total. The van der Waals surface area contributed by atoms with Crippen LogP contribution in [0.5, 0.6) is 0 Å². The topological polar surface area (TPSA) is 56.3 Å². The fourth-order valence-corrected chi connectivity index (χ4v) is 3.99. The van der Waals surface area contributed by atoms with Crippen molar-refractivity contribution in [1.82, 2.24) is 4.98 Å². The number of carbonyl (C=O) groups is 2. The number of halogens is 1. The Balaban J connectivity index is 1.70. The molecule has 5 heteroatoms. The number of hydrogen-bond acceptors (Lipinski definition) is 4. The van der Waals surface area contributed by atoms with Crippen molar-refractivity contribution < 1.29 is 14.3 Å². The fraction of sp³-hybridized carbons (Fsp3) is 0.115. The molecule has 0 fully saturated rings. The standard InChI is InChI=1S/C26H20BrNO3/c1-16-8-10-19(11-9-16)24(29)15-31-26(30)22-14-23(18-6-4-3-5-7-18)28-25-17(2)12-20(27)13-21(22)25/h3-14H,15H2,1-2H3. The first-order valence-corrected chi connectivity index (χ1v) is 10.6. The molecular weight excluding hydrogens is 454 g/mol. The highest BCUT2D eigenvalue weighted by atomic mass is 79.9. The van der Waals surface area contributed by atoms with E-state index in [2.05, 4.69) is 15.9 Å². The van der Waals surface area contributed by atoms with Crippen molar-refractivity contribution in [3.63, 3.8) is 0 Å². The first-order valence-electron chi connectivity index (χ1n) is 9.85. The van der Waals surface area contributed by atoms with E-state index in [-0.39, 0.29) is 12.4 Å². The van der Waals surface area contributed by atoms with Gasteiger partial charge in [-0.1, -0.05) is 76.1 Å². The lowest BCUT2D eigenvalue weighted by molar-refractivity contribution is 0.0476. The van der Waals surface area contributed by atoms with E-state index in [0.717, 1.165) is 26.7 Å². The summed E-state index contributed by atoms with van der Waals surface area (Å²) >= 11 is 3.49. The molecule has 0 spiro atoms. The highest BCUT2D eigenvalue weighted by Crippen LogP contribution is 2.30. The summed E-state index contributed by atoms with van der Waals surface area (Å²) in [6.45, 7) is 3.58. The van der Waals surface area contributed by atoms with E-state index >= 15 is 0 Å². The molecule has 0 aliphatic heterocycles. The number of aryl methyl sites for hydroxylation is 2. The van der Waals surface area contributed by atoms with E-state index in [1.54, 1.807) is 18.2 Å². The number of benzene rings is 3. The number of aromatic nitrogens is 1. The fourth-order valence-electron chi connectivity index (χ4n) is 3.41. The van der Waals surface area contributed by atoms with Gasteiger partial charge in [0, 0.05) is 21.0 Å². The Morgan fingerprint density at radius 3 is 2.35 bits per heavy atom. The third-order valence-corrected chi connectivity index (χ3v) is 5.52. The number of nitrogens with zero attached hydrogens (tertiary/aromatic N) is 1. The minimum absolute atomic E-state index is 0.243. The molecule has 0 aliphatic carbocycles. The zero-order valence-electron chi connectivity index (χ0n) is 17.2. The highest BCUT2D eigenvalue weighted by Gasteiger charge is 2.18. The smallest absolute Gasteiger partial charge is 0.339 e. The van der Waals surface area contributed by atoms with Gasteiger partial charge in [0.15, 0.2) is 12.4 Å². The second-order valence-electron chi connectivity index (χ2n) is 7.41. The van der Waals surface area contributed by atoms with Crippen molar-refractivity contribution >= 4 is 38.6 Å². The number of esters is 1. The van der Waals surface area contributed by atoms with Crippen LogP contribution in [0.2, 0.25) is 0 Å². The van der Waals surface area contributed by atoms with Crippen LogP contribution in [0.1, 0.15) is 31.8 Å². The van der Waals surface area contributed by atoms with Crippen LogP contribution in [-0.2, 0) is 4.74 Å². The van der Waals surface area contributed by atoms with Crippen molar-refractivity contribution in [3.8, 4) is 11.3 Å². The van der Waals surface area contributed by atoms with Crippen LogP contribution in [0.15, 0.2) is 77.3 Å². The van der Waals surface area contributed by atoms with Crippen LogP contribution in [0, 0.1) is 13.8 Å². The van der Waals surface area contributed by atoms with Crippen LogP contribution in [0.4, 0.5) is 0 Å². The van der Waals surface area contributed by atoms with Crippen LogP contribution in [-0.4, -0.2) is 23.3 Å². The minimum atomic E-state index is -0.553. The number of pyridine rings is 1. The summed E-state index contributed by atoms with van der Waals surface area (Å²) < 4.78 is 6.27. The van der Waals surface area contributed by atoms with Gasteiger partial charge in [-0.15, -0.1) is 0 Å². The summed E-state index contributed by atoms with van der Waals surface area (Å²) in [5.74, 6) is -0.796. The number of rotatable bonds is 5. The normalized spacial score (nSPS) is 10.8. The maximum atomic E-state index is 13.0. The lowest BCUT2D eigenvalue weighted by atomic mass is 10.0. The first kappa shape index (κ1) is 20.9. The van der Waals surface area contributed by atoms with Gasteiger partial charge in [-0.2, -0.15) is 0 Å². The molecule has 1 heterocycles. The number of fused-ring (bicyclic) bond motifs is 1. The SMILES string of the molecule is Cc1ccc(C(=O)COC(=O)c2cc(-c3ccccc3)nc3c(C)cc(Br)cc23)cc1. The van der Waals surface area contributed by atoms with Crippen molar-refractivity contribution in [3.05, 3.63) is 99.5 Å². The van der Waals surface area contributed by atoms with Gasteiger partial charge in [0.05, 0.1) is 16.8 Å². The van der Waals surface area contributed by atoms with Gasteiger partial charge < -0.3 is 4.74 Å². The summed E-state index contributed by atoms with van der Waals surface area (Å²) in [7, 11) is 0. The number of carbonyl (C=O) groups excluding carboxylic acids is 2. The molecule has 4 aromatic rings. The van der Waals surface area contributed by atoms with Gasteiger partial charge in [-0.3, -0.25) is 4.79 Å². The zero-order valence-corrected chi connectivity index (χ0v) is 18.8. The summed E-state index contributed by atoms with van der Waals surface area (Å²) in [6.07, 6.45) is 0. The Bertz CT molecular complexity index is 1280.